The lowest BCUT2D eigenvalue weighted by Crippen LogP contribution is -2.26. The van der Waals surface area contributed by atoms with Crippen LogP contribution in [0.1, 0.15) is 10.4 Å². The molecule has 0 aliphatic carbocycles. The van der Waals surface area contributed by atoms with Gasteiger partial charge in [-0.1, -0.05) is 0 Å². The summed E-state index contributed by atoms with van der Waals surface area (Å²) in [5.74, 6) is -1.53. The lowest BCUT2D eigenvalue weighted by molar-refractivity contribution is 0.0697. The Balaban J connectivity index is 3.40. The van der Waals surface area contributed by atoms with Gasteiger partial charge in [0.1, 0.15) is 0 Å². The Morgan fingerprint density at radius 3 is 2.33 bits per heavy atom. The van der Waals surface area contributed by atoms with Crippen LogP contribution in [0.3, 0.4) is 0 Å². The predicted octanol–water partition coefficient (Wildman–Crippen LogP) is 0.814. The van der Waals surface area contributed by atoms with E-state index in [1.165, 1.54) is 6.07 Å². The average molecular weight is 473 g/mol. The third kappa shape index (κ3) is 3.97. The summed E-state index contributed by atoms with van der Waals surface area (Å²) in [6, 6.07) is 3.27. The Kier molecular flexibility index (Phi) is 5.13. The minimum absolute atomic E-state index is 0.0417. The lowest BCUT2D eigenvalue weighted by atomic mass is 10.2. The Morgan fingerprint density at radius 2 is 1.83 bits per heavy atom. The number of aliphatic imine (C=N–C) groups is 2. The van der Waals surface area contributed by atoms with E-state index in [0.29, 0.717) is 3.57 Å². The zero-order valence-electron chi connectivity index (χ0n) is 8.89. The molecule has 7 nitrogen and oxygen atoms in total. The molecule has 7 N–H and O–H groups in total. The van der Waals surface area contributed by atoms with Gasteiger partial charge in [0, 0.05) is 7.14 Å². The van der Waals surface area contributed by atoms with E-state index in [4.69, 9.17) is 22.3 Å². The fourth-order valence-electron chi connectivity index (χ4n) is 1.11. The maximum absolute atomic E-state index is 11.1. The summed E-state index contributed by atoms with van der Waals surface area (Å²) in [6.45, 7) is 0. The highest BCUT2D eigenvalue weighted by molar-refractivity contribution is 14.1. The first kappa shape index (κ1) is 14.9. The summed E-state index contributed by atoms with van der Waals surface area (Å²) in [6.07, 6.45) is 0. The molecule has 0 amide bonds. The number of benzene rings is 1. The van der Waals surface area contributed by atoms with E-state index in [9.17, 15) is 4.79 Å². The van der Waals surface area contributed by atoms with Crippen molar-refractivity contribution in [1.82, 2.24) is 0 Å². The highest BCUT2D eigenvalue weighted by atomic mass is 127. The summed E-state index contributed by atoms with van der Waals surface area (Å²) >= 11 is 3.99. The largest absolute Gasteiger partial charge is 0.478 e. The molecule has 96 valence electrons. The Morgan fingerprint density at radius 1 is 1.22 bits per heavy atom. The minimum atomic E-state index is -1.09. The number of aromatic carboxylic acids is 1. The number of halogens is 2. The quantitative estimate of drug-likeness (QED) is 0.286. The van der Waals surface area contributed by atoms with E-state index in [0.717, 1.165) is 3.57 Å². The normalized spacial score (nSPS) is 11.1. The van der Waals surface area contributed by atoms with Crippen molar-refractivity contribution in [1.29, 1.82) is 0 Å². The van der Waals surface area contributed by atoms with Crippen LogP contribution in [-0.2, 0) is 0 Å². The van der Waals surface area contributed by atoms with Crippen LogP contribution in [0.5, 0.6) is 0 Å². The summed E-state index contributed by atoms with van der Waals surface area (Å²) in [5, 5.41) is 9.11. The molecule has 0 radical (unpaired) electrons. The van der Waals surface area contributed by atoms with Crippen molar-refractivity contribution in [3.8, 4) is 0 Å². The number of hydrogen-bond donors (Lipinski definition) is 4. The van der Waals surface area contributed by atoms with Gasteiger partial charge in [0.2, 0.25) is 5.96 Å². The molecule has 0 saturated carbocycles. The van der Waals surface area contributed by atoms with Gasteiger partial charge in [-0.2, -0.15) is 4.99 Å². The van der Waals surface area contributed by atoms with Gasteiger partial charge < -0.3 is 22.3 Å². The summed E-state index contributed by atoms with van der Waals surface area (Å²) in [7, 11) is 0. The van der Waals surface area contributed by atoms with Crippen LogP contribution >= 0.6 is 45.2 Å². The van der Waals surface area contributed by atoms with Crippen molar-refractivity contribution >= 4 is 68.8 Å². The zero-order chi connectivity index (χ0) is 13.9. The standard InChI is InChI=1S/C9H9I2N5O2/c10-3-1-4(7(17)18)6(5(11)2-3)15-9(14)16-8(12)13/h1-2H,(H,17,18)(H6,12,13,14,15,16). The number of carbonyl (C=O) groups is 1. The van der Waals surface area contributed by atoms with E-state index in [1.54, 1.807) is 6.07 Å². The molecular formula is C9H9I2N5O2. The zero-order valence-corrected chi connectivity index (χ0v) is 13.2. The summed E-state index contributed by atoms with van der Waals surface area (Å²) < 4.78 is 1.43. The maximum atomic E-state index is 11.1. The Bertz CT molecular complexity index is 552. The van der Waals surface area contributed by atoms with E-state index in [2.05, 4.69) is 9.98 Å². The Hall–Kier alpha value is -1.11. The van der Waals surface area contributed by atoms with E-state index < -0.39 is 5.97 Å². The van der Waals surface area contributed by atoms with Crippen LogP contribution in [0, 0.1) is 7.14 Å². The first-order valence-corrected chi connectivity index (χ1v) is 6.63. The number of guanidine groups is 2. The highest BCUT2D eigenvalue weighted by Crippen LogP contribution is 2.28. The van der Waals surface area contributed by atoms with Crippen LogP contribution in [0.4, 0.5) is 5.69 Å². The molecule has 0 spiro atoms. The molecule has 0 heterocycles. The van der Waals surface area contributed by atoms with Gasteiger partial charge in [-0.3, -0.25) is 0 Å². The van der Waals surface area contributed by atoms with Gasteiger partial charge in [0.15, 0.2) is 5.96 Å². The highest BCUT2D eigenvalue weighted by Gasteiger charge is 2.14. The molecule has 0 aromatic heterocycles. The number of nitrogens with zero attached hydrogens (tertiary/aromatic N) is 2. The number of carboxylic acids is 1. The van der Waals surface area contributed by atoms with Gasteiger partial charge in [-0.15, -0.1) is 0 Å². The van der Waals surface area contributed by atoms with E-state index in [-0.39, 0.29) is 23.2 Å². The monoisotopic (exact) mass is 473 g/mol. The van der Waals surface area contributed by atoms with Crippen molar-refractivity contribution in [2.75, 3.05) is 0 Å². The second-order valence-corrected chi connectivity index (χ2v) is 5.50. The first-order chi connectivity index (χ1) is 8.31. The van der Waals surface area contributed by atoms with Crippen LogP contribution in [-0.4, -0.2) is 23.0 Å². The molecule has 0 saturated heterocycles. The third-order valence-corrected chi connectivity index (χ3v) is 3.17. The minimum Gasteiger partial charge on any atom is -0.478 e. The molecule has 0 unspecified atom stereocenters. The molecule has 1 aromatic carbocycles. The average Bonchev–Trinajstić information content (AvgIpc) is 2.20. The van der Waals surface area contributed by atoms with E-state index >= 15 is 0 Å². The summed E-state index contributed by atoms with van der Waals surface area (Å²) in [5.41, 5.74) is 16.1. The van der Waals surface area contributed by atoms with Crippen LogP contribution in [0.2, 0.25) is 0 Å². The van der Waals surface area contributed by atoms with Crippen molar-refractivity contribution < 1.29 is 9.90 Å². The van der Waals surface area contributed by atoms with Gasteiger partial charge in [0.25, 0.3) is 0 Å². The molecule has 0 fully saturated rings. The number of nitrogens with two attached hydrogens (primary N) is 3. The first-order valence-electron chi connectivity index (χ1n) is 4.47. The molecule has 9 heteroatoms. The van der Waals surface area contributed by atoms with Gasteiger partial charge in [-0.25, -0.2) is 9.79 Å². The van der Waals surface area contributed by atoms with Gasteiger partial charge in [0.05, 0.1) is 11.3 Å². The fourth-order valence-corrected chi connectivity index (χ4v) is 3.08. The second kappa shape index (κ2) is 6.17. The maximum Gasteiger partial charge on any atom is 0.337 e. The van der Waals surface area contributed by atoms with Crippen LogP contribution in [0.25, 0.3) is 0 Å². The Labute approximate surface area is 130 Å². The van der Waals surface area contributed by atoms with Gasteiger partial charge in [-0.05, 0) is 57.3 Å². The van der Waals surface area contributed by atoms with Crippen molar-refractivity contribution in [3.05, 3.63) is 24.8 Å². The molecule has 1 rings (SSSR count). The SMILES string of the molecule is NC(N)=NC(N)=Nc1c(I)cc(I)cc1C(=O)O. The van der Waals surface area contributed by atoms with E-state index in [1.807, 2.05) is 45.2 Å². The van der Waals surface area contributed by atoms with Crippen LogP contribution in [0.15, 0.2) is 22.1 Å². The number of hydrogen-bond acceptors (Lipinski definition) is 2. The smallest absolute Gasteiger partial charge is 0.337 e. The molecule has 1 aromatic rings. The fraction of sp³-hybridized carbons (Fsp3) is 0. The molecule has 0 atom stereocenters. The van der Waals surface area contributed by atoms with Crippen molar-refractivity contribution in [2.24, 2.45) is 27.2 Å². The second-order valence-electron chi connectivity index (χ2n) is 3.10. The van der Waals surface area contributed by atoms with Crippen LogP contribution < -0.4 is 17.2 Å². The molecule has 0 aliphatic heterocycles. The molecule has 0 aliphatic rings. The van der Waals surface area contributed by atoms with Crippen molar-refractivity contribution in [2.45, 2.75) is 0 Å². The van der Waals surface area contributed by atoms with Gasteiger partial charge >= 0.3 is 5.97 Å². The third-order valence-electron chi connectivity index (χ3n) is 1.73. The summed E-state index contributed by atoms with van der Waals surface area (Å²) in [4.78, 5) is 18.6. The molecule has 0 bridgehead atoms. The predicted molar refractivity (Wildman–Crippen MR) is 85.9 cm³/mol. The molecule has 18 heavy (non-hydrogen) atoms. The molecular weight excluding hydrogens is 464 g/mol. The number of carboxylic acid groups (broad SMARTS) is 1. The lowest BCUT2D eigenvalue weighted by Gasteiger charge is -2.05. The number of rotatable bonds is 2. The van der Waals surface area contributed by atoms with Crippen molar-refractivity contribution in [3.63, 3.8) is 0 Å². The topological polar surface area (TPSA) is 140 Å².